The number of rotatable bonds is 5. The first-order valence-corrected chi connectivity index (χ1v) is 6.60. The molecule has 0 aliphatic rings. The lowest BCUT2D eigenvalue weighted by Gasteiger charge is -2.18. The predicted molar refractivity (Wildman–Crippen MR) is 76.9 cm³/mol. The maximum absolute atomic E-state index is 12.9. The lowest BCUT2D eigenvalue weighted by molar-refractivity contribution is -0.138. The summed E-state index contributed by atoms with van der Waals surface area (Å²) in [5.41, 5.74) is 5.13. The molecule has 0 amide bonds. The van der Waals surface area contributed by atoms with Crippen LogP contribution < -0.4 is 15.2 Å². The van der Waals surface area contributed by atoms with E-state index in [9.17, 15) is 13.2 Å². The quantitative estimate of drug-likeness (QED) is 0.913. The second-order valence-electron chi connectivity index (χ2n) is 4.68. The van der Waals surface area contributed by atoms with Crippen molar-refractivity contribution < 1.29 is 22.6 Å². The number of methoxy groups -OCH3 is 1. The summed E-state index contributed by atoms with van der Waals surface area (Å²) in [7, 11) is 1.54. The van der Waals surface area contributed by atoms with E-state index in [1.54, 1.807) is 31.4 Å². The van der Waals surface area contributed by atoms with Crippen LogP contribution in [0, 0.1) is 0 Å². The van der Waals surface area contributed by atoms with Crippen LogP contribution >= 0.6 is 0 Å². The Morgan fingerprint density at radius 1 is 1.00 bits per heavy atom. The van der Waals surface area contributed by atoms with Gasteiger partial charge in [0.25, 0.3) is 0 Å². The lowest BCUT2D eigenvalue weighted by atomic mass is 10.0. The molecule has 0 aliphatic carbocycles. The Morgan fingerprint density at radius 3 is 2.18 bits per heavy atom. The minimum Gasteiger partial charge on any atom is -0.497 e. The Kier molecular flexibility index (Phi) is 4.92. The van der Waals surface area contributed by atoms with Crippen molar-refractivity contribution in [1.82, 2.24) is 0 Å². The number of hydrogen-bond donors (Lipinski definition) is 1. The van der Waals surface area contributed by atoms with Crippen molar-refractivity contribution in [3.05, 3.63) is 59.7 Å². The molecule has 0 aromatic heterocycles. The topological polar surface area (TPSA) is 44.5 Å². The Hall–Kier alpha value is -2.21. The molecule has 0 heterocycles. The van der Waals surface area contributed by atoms with Gasteiger partial charge < -0.3 is 15.2 Å². The smallest absolute Gasteiger partial charge is 0.416 e. The minimum absolute atomic E-state index is 0.0171. The molecule has 2 N–H and O–H groups in total. The average molecular weight is 311 g/mol. The molecule has 0 saturated carbocycles. The highest BCUT2D eigenvalue weighted by Crippen LogP contribution is 2.34. The summed E-state index contributed by atoms with van der Waals surface area (Å²) in [6.45, 7) is -0.0561. The molecular formula is C16H16F3NO2. The van der Waals surface area contributed by atoms with Gasteiger partial charge in [0, 0.05) is 0 Å². The summed E-state index contributed by atoms with van der Waals surface area (Å²) in [6, 6.07) is 11.1. The van der Waals surface area contributed by atoms with Gasteiger partial charge in [-0.1, -0.05) is 18.2 Å². The van der Waals surface area contributed by atoms with Gasteiger partial charge in [-0.25, -0.2) is 0 Å². The maximum Gasteiger partial charge on any atom is 0.416 e. The van der Waals surface area contributed by atoms with Gasteiger partial charge in [-0.3, -0.25) is 0 Å². The first kappa shape index (κ1) is 16.2. The number of nitrogens with two attached hydrogens (primary N) is 1. The van der Waals surface area contributed by atoms with Gasteiger partial charge in [0.15, 0.2) is 0 Å². The normalized spacial score (nSPS) is 12.8. The van der Waals surface area contributed by atoms with E-state index in [0.29, 0.717) is 11.5 Å². The monoisotopic (exact) mass is 311 g/mol. The van der Waals surface area contributed by atoms with Crippen LogP contribution in [-0.2, 0) is 6.18 Å². The largest absolute Gasteiger partial charge is 0.497 e. The number of halogens is 3. The molecule has 0 fully saturated rings. The Balaban J connectivity index is 2.07. The van der Waals surface area contributed by atoms with Gasteiger partial charge in [0.2, 0.25) is 0 Å². The zero-order valence-electron chi connectivity index (χ0n) is 11.9. The fraction of sp³-hybridized carbons (Fsp3) is 0.250. The van der Waals surface area contributed by atoms with Crippen molar-refractivity contribution in [3.63, 3.8) is 0 Å². The molecule has 3 nitrogen and oxygen atoms in total. The van der Waals surface area contributed by atoms with E-state index in [1.165, 1.54) is 18.2 Å². The minimum atomic E-state index is -4.44. The molecule has 1 unspecified atom stereocenters. The van der Waals surface area contributed by atoms with Gasteiger partial charge in [-0.15, -0.1) is 0 Å². The highest BCUT2D eigenvalue weighted by Gasteiger charge is 2.34. The number of ether oxygens (including phenoxy) is 2. The Morgan fingerprint density at radius 2 is 1.59 bits per heavy atom. The third-order valence-electron chi connectivity index (χ3n) is 3.15. The second kappa shape index (κ2) is 6.70. The van der Waals surface area contributed by atoms with Crippen molar-refractivity contribution in [2.45, 2.75) is 12.2 Å². The first-order valence-electron chi connectivity index (χ1n) is 6.60. The van der Waals surface area contributed by atoms with Gasteiger partial charge in [-0.2, -0.15) is 13.2 Å². The van der Waals surface area contributed by atoms with Crippen molar-refractivity contribution in [2.75, 3.05) is 13.7 Å². The molecule has 0 radical (unpaired) electrons. The van der Waals surface area contributed by atoms with Crippen molar-refractivity contribution in [3.8, 4) is 11.5 Å². The zero-order valence-corrected chi connectivity index (χ0v) is 11.9. The summed E-state index contributed by atoms with van der Waals surface area (Å²) >= 11 is 0. The van der Waals surface area contributed by atoms with Crippen LogP contribution in [0.25, 0.3) is 0 Å². The van der Waals surface area contributed by atoms with Crippen LogP contribution in [0.15, 0.2) is 48.5 Å². The highest BCUT2D eigenvalue weighted by atomic mass is 19.4. The predicted octanol–water partition coefficient (Wildman–Crippen LogP) is 3.79. The summed E-state index contributed by atoms with van der Waals surface area (Å²) in [5.74, 6) is 1.18. The number of benzene rings is 2. The second-order valence-corrected chi connectivity index (χ2v) is 4.68. The Bertz CT molecular complexity index is 612. The summed E-state index contributed by atoms with van der Waals surface area (Å²) in [6.07, 6.45) is -4.44. The van der Waals surface area contributed by atoms with E-state index in [4.69, 9.17) is 15.2 Å². The molecule has 2 rings (SSSR count). The van der Waals surface area contributed by atoms with E-state index in [0.717, 1.165) is 6.07 Å². The molecule has 2 aromatic rings. The van der Waals surface area contributed by atoms with Crippen LogP contribution in [0.1, 0.15) is 17.2 Å². The Labute approximate surface area is 126 Å². The molecular weight excluding hydrogens is 295 g/mol. The molecule has 22 heavy (non-hydrogen) atoms. The number of alkyl halides is 3. The lowest BCUT2D eigenvalue weighted by Crippen LogP contribution is -2.23. The molecule has 118 valence electrons. The van der Waals surface area contributed by atoms with Gasteiger partial charge in [0.05, 0.1) is 18.7 Å². The molecule has 0 aliphatic heterocycles. The maximum atomic E-state index is 12.9. The van der Waals surface area contributed by atoms with Crippen molar-refractivity contribution >= 4 is 0 Å². The van der Waals surface area contributed by atoms with E-state index < -0.39 is 17.8 Å². The SMILES string of the molecule is COc1ccc(OCC(N)c2ccccc2C(F)(F)F)cc1. The van der Waals surface area contributed by atoms with Gasteiger partial charge in [0.1, 0.15) is 18.1 Å². The van der Waals surface area contributed by atoms with E-state index in [-0.39, 0.29) is 12.2 Å². The fourth-order valence-corrected chi connectivity index (χ4v) is 2.03. The van der Waals surface area contributed by atoms with E-state index in [1.807, 2.05) is 0 Å². The first-order chi connectivity index (χ1) is 10.4. The molecule has 6 heteroatoms. The molecule has 2 aromatic carbocycles. The zero-order chi connectivity index (χ0) is 16.2. The molecule has 0 saturated heterocycles. The third-order valence-corrected chi connectivity index (χ3v) is 3.15. The highest BCUT2D eigenvalue weighted by molar-refractivity contribution is 5.33. The van der Waals surface area contributed by atoms with Crippen molar-refractivity contribution in [2.24, 2.45) is 5.73 Å². The standard InChI is InChI=1S/C16H16F3NO2/c1-21-11-6-8-12(9-7-11)22-10-15(20)13-4-2-3-5-14(13)16(17,18)19/h2-9,15H,10,20H2,1H3. The average Bonchev–Trinajstić information content (AvgIpc) is 2.52. The van der Waals surface area contributed by atoms with E-state index in [2.05, 4.69) is 0 Å². The molecule has 0 bridgehead atoms. The van der Waals surface area contributed by atoms with E-state index >= 15 is 0 Å². The van der Waals surface area contributed by atoms with Crippen LogP contribution in [-0.4, -0.2) is 13.7 Å². The third kappa shape index (κ3) is 3.92. The van der Waals surface area contributed by atoms with Crippen LogP contribution in [0.2, 0.25) is 0 Å². The molecule has 0 spiro atoms. The van der Waals surface area contributed by atoms with Crippen LogP contribution in [0.5, 0.6) is 11.5 Å². The fourth-order valence-electron chi connectivity index (χ4n) is 2.03. The number of hydrogen-bond acceptors (Lipinski definition) is 3. The van der Waals surface area contributed by atoms with Gasteiger partial charge >= 0.3 is 6.18 Å². The summed E-state index contributed by atoms with van der Waals surface area (Å²) < 4.78 is 49.3. The van der Waals surface area contributed by atoms with Crippen LogP contribution in [0.3, 0.4) is 0 Å². The summed E-state index contributed by atoms with van der Waals surface area (Å²) in [4.78, 5) is 0. The van der Waals surface area contributed by atoms with Gasteiger partial charge in [-0.05, 0) is 35.9 Å². The summed E-state index contributed by atoms with van der Waals surface area (Å²) in [5, 5.41) is 0. The van der Waals surface area contributed by atoms with Crippen LogP contribution in [0.4, 0.5) is 13.2 Å². The van der Waals surface area contributed by atoms with Crippen molar-refractivity contribution in [1.29, 1.82) is 0 Å². The molecule has 1 atom stereocenters.